The number of nitrogens with zero attached hydrogens (tertiary/aromatic N) is 1. The van der Waals surface area contributed by atoms with Crippen molar-refractivity contribution in [3.05, 3.63) is 12.2 Å². The van der Waals surface area contributed by atoms with Crippen molar-refractivity contribution in [2.45, 2.75) is 112 Å². The molecule has 5 fully saturated rings. The van der Waals surface area contributed by atoms with Crippen molar-refractivity contribution in [3.63, 3.8) is 0 Å². The molecule has 0 unspecified atom stereocenters. The standard InChI is InChI=1S/C30H49NO2/c1-19(2)20-10-15-30(18-31-33)17-16-28(6)21(25(20)30)8-9-23-27(5)13-12-24(32)26(3,4)22(27)11-14-29(23,28)7/h18,20-25,32-33H,1,8-17H2,2-7H3/b31-18+/t20-,21-,22-,23+,24-,25-,27-,28+,29+,30-/m0/s1. The molecule has 0 heterocycles. The fourth-order valence-corrected chi connectivity index (χ4v) is 11.5. The molecule has 2 N–H and O–H groups in total. The number of aliphatic hydroxyl groups is 1. The van der Waals surface area contributed by atoms with Crippen molar-refractivity contribution < 1.29 is 10.3 Å². The van der Waals surface area contributed by atoms with Gasteiger partial charge >= 0.3 is 0 Å². The van der Waals surface area contributed by atoms with Crippen molar-refractivity contribution in [1.29, 1.82) is 0 Å². The van der Waals surface area contributed by atoms with Gasteiger partial charge in [-0.05, 0) is 122 Å². The van der Waals surface area contributed by atoms with Crippen LogP contribution in [0.5, 0.6) is 0 Å². The van der Waals surface area contributed by atoms with Crippen molar-refractivity contribution in [1.82, 2.24) is 0 Å². The zero-order valence-corrected chi connectivity index (χ0v) is 22.2. The van der Waals surface area contributed by atoms with Gasteiger partial charge in [-0.1, -0.05) is 46.8 Å². The molecule has 0 saturated heterocycles. The second-order valence-electron chi connectivity index (χ2n) is 14.5. The summed E-state index contributed by atoms with van der Waals surface area (Å²) < 4.78 is 0. The Morgan fingerprint density at radius 2 is 1.58 bits per heavy atom. The van der Waals surface area contributed by atoms with Gasteiger partial charge in [-0.15, -0.1) is 5.16 Å². The summed E-state index contributed by atoms with van der Waals surface area (Å²) in [6, 6.07) is 0. The monoisotopic (exact) mass is 455 g/mol. The number of hydrogen-bond donors (Lipinski definition) is 2. The van der Waals surface area contributed by atoms with Crippen LogP contribution in [0, 0.1) is 56.7 Å². The Hall–Kier alpha value is -0.830. The Kier molecular flexibility index (Phi) is 5.31. The highest BCUT2D eigenvalue weighted by Crippen LogP contribution is 2.77. The molecule has 10 atom stereocenters. The number of allylic oxidation sites excluding steroid dienone is 1. The third-order valence-corrected chi connectivity index (χ3v) is 13.4. The predicted octanol–water partition coefficient (Wildman–Crippen LogP) is 7.46. The van der Waals surface area contributed by atoms with Crippen LogP contribution in [0.15, 0.2) is 17.3 Å². The SMILES string of the molecule is C=C(C)[C@@H]1CC[C@@]2(/C=N/O)CC[C@]3(C)[C@@H](CC[C@@H]4[C@@]5(C)CC[C@H](O)C(C)(C)[C@@H]5CC[C@]43C)[C@H]12. The Morgan fingerprint density at radius 3 is 2.24 bits per heavy atom. The second-order valence-corrected chi connectivity index (χ2v) is 14.5. The Labute approximate surface area is 202 Å². The molecule has 5 aliphatic carbocycles. The van der Waals surface area contributed by atoms with E-state index in [1.807, 2.05) is 6.21 Å². The molecule has 0 aromatic rings. The van der Waals surface area contributed by atoms with Gasteiger partial charge in [0, 0.05) is 5.41 Å². The lowest BCUT2D eigenvalue weighted by molar-refractivity contribution is -0.243. The molecule has 3 heteroatoms. The molecule has 0 aliphatic heterocycles. The van der Waals surface area contributed by atoms with Crippen LogP contribution in [-0.2, 0) is 0 Å². The number of aliphatic hydroxyl groups excluding tert-OH is 1. The van der Waals surface area contributed by atoms with Gasteiger partial charge < -0.3 is 10.3 Å². The maximum Gasteiger partial charge on any atom is 0.0594 e. The molecule has 0 spiro atoms. The normalized spacial score (nSPS) is 55.4. The highest BCUT2D eigenvalue weighted by atomic mass is 16.4. The summed E-state index contributed by atoms with van der Waals surface area (Å²) in [5, 5.41) is 24.2. The van der Waals surface area contributed by atoms with Crippen molar-refractivity contribution >= 4 is 6.21 Å². The second kappa shape index (κ2) is 7.34. The number of oxime groups is 1. The van der Waals surface area contributed by atoms with Crippen molar-refractivity contribution in [2.24, 2.45) is 61.8 Å². The molecule has 5 saturated carbocycles. The van der Waals surface area contributed by atoms with Gasteiger partial charge in [0.05, 0.1) is 12.3 Å². The van der Waals surface area contributed by atoms with E-state index in [0.717, 1.165) is 25.2 Å². The summed E-state index contributed by atoms with van der Waals surface area (Å²) in [5.74, 6) is 3.16. The summed E-state index contributed by atoms with van der Waals surface area (Å²) in [7, 11) is 0. The first-order valence-electron chi connectivity index (χ1n) is 13.9. The van der Waals surface area contributed by atoms with E-state index in [0.29, 0.717) is 39.9 Å². The average Bonchev–Trinajstić information content (AvgIpc) is 3.12. The smallest absolute Gasteiger partial charge is 0.0594 e. The summed E-state index contributed by atoms with van der Waals surface area (Å²) >= 11 is 0. The summed E-state index contributed by atoms with van der Waals surface area (Å²) in [5.41, 5.74) is 2.40. The lowest BCUT2D eigenvalue weighted by Gasteiger charge is -2.72. The van der Waals surface area contributed by atoms with Gasteiger partial charge in [0.1, 0.15) is 0 Å². The summed E-state index contributed by atoms with van der Waals surface area (Å²) in [4.78, 5) is 0. The average molecular weight is 456 g/mol. The minimum absolute atomic E-state index is 0.0158. The zero-order valence-electron chi connectivity index (χ0n) is 22.2. The van der Waals surface area contributed by atoms with Crippen LogP contribution in [-0.4, -0.2) is 22.6 Å². The van der Waals surface area contributed by atoms with E-state index in [1.54, 1.807) is 0 Å². The third kappa shape index (κ3) is 2.87. The van der Waals surface area contributed by atoms with Crippen LogP contribution >= 0.6 is 0 Å². The third-order valence-electron chi connectivity index (χ3n) is 13.4. The van der Waals surface area contributed by atoms with E-state index in [4.69, 9.17) is 0 Å². The maximum atomic E-state index is 10.9. The zero-order chi connectivity index (χ0) is 24.0. The van der Waals surface area contributed by atoms with Gasteiger partial charge in [-0.3, -0.25) is 0 Å². The molecule has 0 aromatic carbocycles. The van der Waals surface area contributed by atoms with Crippen molar-refractivity contribution in [3.8, 4) is 0 Å². The quantitative estimate of drug-likeness (QED) is 0.196. The lowest BCUT2D eigenvalue weighted by atomic mass is 9.32. The molecule has 5 aliphatic rings. The van der Waals surface area contributed by atoms with Crippen LogP contribution in [0.2, 0.25) is 0 Å². The molecule has 0 amide bonds. The summed E-state index contributed by atoms with van der Waals surface area (Å²) in [6.07, 6.45) is 13.9. The van der Waals surface area contributed by atoms with E-state index >= 15 is 0 Å². The largest absolute Gasteiger partial charge is 0.411 e. The number of fused-ring (bicyclic) bond motifs is 7. The summed E-state index contributed by atoms with van der Waals surface area (Å²) in [6.45, 7) is 19.3. The van der Waals surface area contributed by atoms with Gasteiger partial charge in [0.15, 0.2) is 0 Å². The predicted molar refractivity (Wildman–Crippen MR) is 135 cm³/mol. The molecule has 3 nitrogen and oxygen atoms in total. The Morgan fingerprint density at radius 1 is 0.848 bits per heavy atom. The van der Waals surface area contributed by atoms with Crippen molar-refractivity contribution in [2.75, 3.05) is 0 Å². The number of rotatable bonds is 2. The van der Waals surface area contributed by atoms with E-state index in [2.05, 4.69) is 53.3 Å². The number of hydrogen-bond acceptors (Lipinski definition) is 3. The van der Waals surface area contributed by atoms with Crippen LogP contribution in [0.3, 0.4) is 0 Å². The van der Waals surface area contributed by atoms with Gasteiger partial charge in [0.25, 0.3) is 0 Å². The van der Waals surface area contributed by atoms with E-state index in [-0.39, 0.29) is 16.9 Å². The van der Waals surface area contributed by atoms with Crippen LogP contribution in [0.4, 0.5) is 0 Å². The van der Waals surface area contributed by atoms with Crippen LogP contribution < -0.4 is 0 Å². The molecule has 186 valence electrons. The molecule has 33 heavy (non-hydrogen) atoms. The molecular weight excluding hydrogens is 406 g/mol. The Balaban J connectivity index is 1.56. The molecule has 0 radical (unpaired) electrons. The molecular formula is C30H49NO2. The molecule has 0 aromatic heterocycles. The highest BCUT2D eigenvalue weighted by Gasteiger charge is 2.70. The first-order valence-corrected chi connectivity index (χ1v) is 13.9. The lowest BCUT2D eigenvalue weighted by Crippen LogP contribution is -2.66. The van der Waals surface area contributed by atoms with Gasteiger partial charge in [-0.2, -0.15) is 0 Å². The van der Waals surface area contributed by atoms with Gasteiger partial charge in [-0.25, -0.2) is 0 Å². The minimum Gasteiger partial charge on any atom is -0.411 e. The highest BCUT2D eigenvalue weighted by molar-refractivity contribution is 5.67. The van der Waals surface area contributed by atoms with E-state index < -0.39 is 0 Å². The Bertz CT molecular complexity index is 848. The maximum absolute atomic E-state index is 10.9. The van der Waals surface area contributed by atoms with Gasteiger partial charge in [0.2, 0.25) is 0 Å². The fraction of sp³-hybridized carbons (Fsp3) is 0.900. The fourth-order valence-electron chi connectivity index (χ4n) is 11.5. The topological polar surface area (TPSA) is 52.8 Å². The molecule has 5 rings (SSSR count). The molecule has 0 bridgehead atoms. The van der Waals surface area contributed by atoms with E-state index in [1.165, 1.54) is 50.5 Å². The minimum atomic E-state index is -0.158. The van der Waals surface area contributed by atoms with Crippen LogP contribution in [0.25, 0.3) is 0 Å². The first kappa shape index (κ1) is 23.9. The van der Waals surface area contributed by atoms with Crippen LogP contribution in [0.1, 0.15) is 106 Å². The van der Waals surface area contributed by atoms with E-state index in [9.17, 15) is 10.3 Å². The first-order chi connectivity index (χ1) is 15.4.